The van der Waals surface area contributed by atoms with Crippen LogP contribution < -0.4 is 15.2 Å². The summed E-state index contributed by atoms with van der Waals surface area (Å²) in [5.41, 5.74) is 4.20. The van der Waals surface area contributed by atoms with E-state index in [1.54, 1.807) is 12.1 Å². The van der Waals surface area contributed by atoms with Crippen molar-refractivity contribution >= 4 is 29.4 Å². The average molecular weight is 418 g/mol. The predicted octanol–water partition coefficient (Wildman–Crippen LogP) is -0.318. The minimum Gasteiger partial charge on any atom is -0.322 e. The van der Waals surface area contributed by atoms with Gasteiger partial charge in [0.25, 0.3) is 11.6 Å². The maximum atomic E-state index is 12.1. The highest BCUT2D eigenvalue weighted by molar-refractivity contribution is 6.31. The van der Waals surface area contributed by atoms with Gasteiger partial charge in [-0.05, 0) is 6.07 Å². The van der Waals surface area contributed by atoms with Gasteiger partial charge in [0, 0.05) is 28.3 Å². The van der Waals surface area contributed by atoms with E-state index < -0.39 is 4.92 Å². The van der Waals surface area contributed by atoms with Crippen molar-refractivity contribution in [3.8, 4) is 0 Å². The van der Waals surface area contributed by atoms with Crippen LogP contribution in [0.2, 0.25) is 5.02 Å². The summed E-state index contributed by atoms with van der Waals surface area (Å²) >= 11 is 6.24. The first-order valence-corrected chi connectivity index (χ1v) is 9.86. The van der Waals surface area contributed by atoms with E-state index in [1.165, 1.54) is 28.1 Å². The maximum absolute atomic E-state index is 12.1. The molecule has 152 valence electrons. The lowest BCUT2D eigenvalue weighted by Gasteiger charge is -2.29. The number of nitro benzene ring substituents is 1. The Hall–Kier alpha value is -2.81. The number of hydrazone groups is 1. The van der Waals surface area contributed by atoms with E-state index >= 15 is 0 Å². The lowest BCUT2D eigenvalue weighted by atomic mass is 10.2. The van der Waals surface area contributed by atoms with Crippen molar-refractivity contribution < 1.29 is 19.5 Å². The van der Waals surface area contributed by atoms with Gasteiger partial charge in [-0.2, -0.15) is 5.10 Å². The Labute approximate surface area is 173 Å². The highest BCUT2D eigenvalue weighted by Crippen LogP contribution is 2.13. The largest absolute Gasteiger partial charge is 0.322 e. The predicted molar refractivity (Wildman–Crippen MR) is 110 cm³/mol. The molecule has 0 atom stereocenters. The Morgan fingerprint density at radius 2 is 1.86 bits per heavy atom. The molecule has 1 fully saturated rings. The zero-order valence-electron chi connectivity index (χ0n) is 15.9. The molecule has 0 saturated carbocycles. The smallest absolute Gasteiger partial charge is 0.295 e. The van der Waals surface area contributed by atoms with Crippen LogP contribution in [0.15, 0.2) is 53.6 Å². The van der Waals surface area contributed by atoms with Crippen LogP contribution in [-0.4, -0.2) is 49.8 Å². The minimum atomic E-state index is -0.466. The van der Waals surface area contributed by atoms with Gasteiger partial charge in [0.1, 0.15) is 32.7 Å². The number of piperazine rings is 1. The number of non-ortho nitro benzene ring substituents is 1. The van der Waals surface area contributed by atoms with Crippen molar-refractivity contribution in [2.75, 3.05) is 32.7 Å². The number of nitro groups is 1. The molecule has 0 aromatic heterocycles. The van der Waals surface area contributed by atoms with Crippen molar-refractivity contribution in [2.45, 2.75) is 6.54 Å². The fourth-order valence-electron chi connectivity index (χ4n) is 3.39. The van der Waals surface area contributed by atoms with Crippen molar-refractivity contribution in [1.82, 2.24) is 5.43 Å². The Balaban J connectivity index is 1.41. The van der Waals surface area contributed by atoms with Gasteiger partial charge in [-0.25, -0.2) is 5.43 Å². The monoisotopic (exact) mass is 417 g/mol. The first-order chi connectivity index (χ1) is 14.0. The molecule has 0 spiro atoms. The average Bonchev–Trinajstić information content (AvgIpc) is 2.71. The second-order valence-corrected chi connectivity index (χ2v) is 7.50. The third kappa shape index (κ3) is 6.35. The number of amides is 1. The summed E-state index contributed by atoms with van der Waals surface area (Å²) in [6, 6.07) is 14.0. The lowest BCUT2D eigenvalue weighted by molar-refractivity contribution is -1.02. The Morgan fingerprint density at radius 3 is 2.59 bits per heavy atom. The van der Waals surface area contributed by atoms with Gasteiger partial charge in [0.2, 0.25) is 0 Å². The molecule has 8 nitrogen and oxygen atoms in total. The van der Waals surface area contributed by atoms with Crippen LogP contribution in [0.25, 0.3) is 0 Å². The van der Waals surface area contributed by atoms with Crippen molar-refractivity contribution in [2.24, 2.45) is 5.10 Å². The molecule has 29 heavy (non-hydrogen) atoms. The number of quaternary nitrogens is 2. The first kappa shape index (κ1) is 20.9. The normalized spacial score (nSPS) is 19.2. The quantitative estimate of drug-likeness (QED) is 0.327. The van der Waals surface area contributed by atoms with E-state index in [9.17, 15) is 14.9 Å². The molecule has 1 saturated heterocycles. The van der Waals surface area contributed by atoms with Crippen LogP contribution in [0.4, 0.5) is 5.69 Å². The van der Waals surface area contributed by atoms with Gasteiger partial charge in [0.05, 0.1) is 11.1 Å². The molecular weight excluding hydrogens is 394 g/mol. The highest BCUT2D eigenvalue weighted by atomic mass is 35.5. The molecule has 1 amide bonds. The van der Waals surface area contributed by atoms with E-state index in [2.05, 4.69) is 16.6 Å². The van der Waals surface area contributed by atoms with Crippen molar-refractivity contribution in [3.63, 3.8) is 0 Å². The van der Waals surface area contributed by atoms with Crippen LogP contribution in [0.3, 0.4) is 0 Å². The fraction of sp³-hybridized carbons (Fsp3) is 0.300. The number of hydrogen-bond acceptors (Lipinski definition) is 4. The summed E-state index contributed by atoms with van der Waals surface area (Å²) < 4.78 is 0. The Morgan fingerprint density at radius 1 is 1.14 bits per heavy atom. The lowest BCUT2D eigenvalue weighted by Crippen LogP contribution is -3.28. The second-order valence-electron chi connectivity index (χ2n) is 7.09. The van der Waals surface area contributed by atoms with Gasteiger partial charge in [0.15, 0.2) is 6.54 Å². The molecule has 1 aliphatic heterocycles. The standard InChI is InChI=1S/C20H22ClN5O3/c21-19-7-2-1-5-17(19)14-24-8-10-25(11-9-24)15-20(27)23-22-13-16-4-3-6-18(12-16)26(28)29/h1-7,12-13H,8-11,14-15H2,(H,23,27)/p+2. The third-order valence-corrected chi connectivity index (χ3v) is 5.33. The molecule has 1 heterocycles. The molecule has 2 aromatic rings. The zero-order chi connectivity index (χ0) is 20.6. The zero-order valence-corrected chi connectivity index (χ0v) is 16.7. The van der Waals surface area contributed by atoms with Crippen LogP contribution in [0, 0.1) is 10.1 Å². The molecule has 3 rings (SSSR count). The summed E-state index contributed by atoms with van der Waals surface area (Å²) in [6.07, 6.45) is 1.41. The maximum Gasteiger partial charge on any atom is 0.295 e. The summed E-state index contributed by atoms with van der Waals surface area (Å²) in [5, 5.41) is 15.5. The highest BCUT2D eigenvalue weighted by Gasteiger charge is 2.25. The van der Waals surface area contributed by atoms with E-state index in [1.807, 2.05) is 18.2 Å². The molecule has 0 bridgehead atoms. The SMILES string of the molecule is O=C(C[NH+]1CC[NH+](Cc2ccccc2Cl)CC1)NN=Cc1cccc([N+](=O)[O-])c1. The molecule has 9 heteroatoms. The van der Waals surface area contributed by atoms with E-state index in [4.69, 9.17) is 11.6 Å². The van der Waals surface area contributed by atoms with Gasteiger partial charge in [-0.15, -0.1) is 0 Å². The minimum absolute atomic E-state index is 0.0121. The topological polar surface area (TPSA) is 93.5 Å². The number of halogens is 1. The molecule has 0 aliphatic carbocycles. The van der Waals surface area contributed by atoms with Gasteiger partial charge in [-0.3, -0.25) is 14.9 Å². The molecule has 1 aliphatic rings. The second kappa shape index (κ2) is 10.1. The van der Waals surface area contributed by atoms with Crippen LogP contribution in [0.5, 0.6) is 0 Å². The Bertz CT molecular complexity index is 897. The summed E-state index contributed by atoms with van der Waals surface area (Å²) in [4.78, 5) is 25.1. The molecule has 2 aromatic carbocycles. The summed E-state index contributed by atoms with van der Waals surface area (Å²) in [7, 11) is 0. The number of nitrogens with one attached hydrogen (secondary N) is 3. The number of carbonyl (C=O) groups is 1. The number of rotatable bonds is 7. The van der Waals surface area contributed by atoms with E-state index in [0.29, 0.717) is 12.1 Å². The Kier molecular flexibility index (Phi) is 7.29. The summed E-state index contributed by atoms with van der Waals surface area (Å²) in [6.45, 7) is 5.01. The molecule has 0 unspecified atom stereocenters. The van der Waals surface area contributed by atoms with Crippen molar-refractivity contribution in [3.05, 3.63) is 74.8 Å². The third-order valence-electron chi connectivity index (χ3n) is 4.96. The fourth-order valence-corrected chi connectivity index (χ4v) is 3.59. The van der Waals surface area contributed by atoms with Gasteiger partial charge in [-0.1, -0.05) is 41.9 Å². The van der Waals surface area contributed by atoms with Crippen LogP contribution >= 0.6 is 11.6 Å². The van der Waals surface area contributed by atoms with Crippen LogP contribution in [0.1, 0.15) is 11.1 Å². The molecule has 3 N–H and O–H groups in total. The van der Waals surface area contributed by atoms with E-state index in [0.717, 1.165) is 43.3 Å². The first-order valence-electron chi connectivity index (χ1n) is 9.48. The number of carbonyl (C=O) groups excluding carboxylic acids is 1. The number of hydrogen-bond donors (Lipinski definition) is 3. The summed E-state index contributed by atoms with van der Waals surface area (Å²) in [5.74, 6) is -0.170. The van der Waals surface area contributed by atoms with Gasteiger partial charge >= 0.3 is 0 Å². The number of nitrogens with zero attached hydrogens (tertiary/aromatic N) is 2. The van der Waals surface area contributed by atoms with Crippen molar-refractivity contribution in [1.29, 1.82) is 0 Å². The number of benzene rings is 2. The van der Waals surface area contributed by atoms with Crippen LogP contribution in [-0.2, 0) is 11.3 Å². The van der Waals surface area contributed by atoms with Gasteiger partial charge < -0.3 is 9.80 Å². The van der Waals surface area contributed by atoms with E-state index in [-0.39, 0.29) is 11.6 Å². The molecular formula is C20H24ClN5O3+2. The molecule has 0 radical (unpaired) electrons.